The van der Waals surface area contributed by atoms with Crippen molar-refractivity contribution in [3.8, 4) is 5.75 Å². The summed E-state index contributed by atoms with van der Waals surface area (Å²) in [5.41, 5.74) is 6.17. The molecule has 1 aliphatic rings. The van der Waals surface area contributed by atoms with Gasteiger partial charge in [0.1, 0.15) is 22.3 Å². The average molecular weight is 535 g/mol. The fraction of sp³-hybridized carbons (Fsp3) is 0.393. The topological polar surface area (TPSA) is 115 Å². The predicted molar refractivity (Wildman–Crippen MR) is 141 cm³/mol. The first-order valence-electron chi connectivity index (χ1n) is 12.9. The molecule has 1 atom stereocenters. The Morgan fingerprint density at radius 3 is 2.64 bits per heavy atom. The van der Waals surface area contributed by atoms with Crippen molar-refractivity contribution in [1.82, 2.24) is 29.7 Å². The number of benzene rings is 2. The second-order valence-corrected chi connectivity index (χ2v) is 9.93. The zero-order valence-corrected chi connectivity index (χ0v) is 22.7. The van der Waals surface area contributed by atoms with Crippen molar-refractivity contribution in [2.45, 2.75) is 52.6 Å². The number of methoxy groups -OCH3 is 1. The Labute approximate surface area is 225 Å². The van der Waals surface area contributed by atoms with E-state index in [0.29, 0.717) is 43.0 Å². The lowest BCUT2D eigenvalue weighted by Gasteiger charge is -2.30. The van der Waals surface area contributed by atoms with Crippen LogP contribution in [0.25, 0.3) is 11.0 Å². The number of nitrogens with zero attached hydrogens (tertiary/aromatic N) is 6. The Bertz CT molecular complexity index is 1610. The Hall–Kier alpha value is -4.28. The Morgan fingerprint density at radius 2 is 1.97 bits per heavy atom. The van der Waals surface area contributed by atoms with Gasteiger partial charge in [-0.2, -0.15) is 9.49 Å². The minimum Gasteiger partial charge on any atom is -0.494 e. The summed E-state index contributed by atoms with van der Waals surface area (Å²) in [6.45, 7) is 6.41. The van der Waals surface area contributed by atoms with E-state index in [0.717, 1.165) is 33.3 Å². The standard InChI is InChI=1S/C28H31FN6O4/c1-6-35-27(29)24(16(3)31-35)28(38)34-10-9-17-7-8-18(11-19(17)14-34)21(13-23(36)37)20-12-22(39-5)26-25(15(20)2)30-32-33(26)4/h7-8,11-12,21H,6,9-10,13-14H2,1-5H3,(H,36,37). The molecule has 0 saturated carbocycles. The molecule has 0 saturated heterocycles. The third kappa shape index (κ3) is 4.51. The molecule has 11 heteroatoms. The molecule has 204 valence electrons. The molecule has 2 aromatic heterocycles. The molecule has 1 N–H and O–H groups in total. The molecule has 4 aromatic rings. The van der Waals surface area contributed by atoms with E-state index in [9.17, 15) is 19.1 Å². The van der Waals surface area contributed by atoms with Crippen LogP contribution in [0.4, 0.5) is 4.39 Å². The molecule has 5 rings (SSSR count). The van der Waals surface area contributed by atoms with Crippen molar-refractivity contribution >= 4 is 22.9 Å². The zero-order valence-electron chi connectivity index (χ0n) is 22.7. The van der Waals surface area contributed by atoms with Crippen molar-refractivity contribution in [1.29, 1.82) is 0 Å². The minimum atomic E-state index is -0.939. The van der Waals surface area contributed by atoms with Crippen molar-refractivity contribution < 1.29 is 23.8 Å². The number of ether oxygens (including phenoxy) is 1. The van der Waals surface area contributed by atoms with Crippen LogP contribution in [-0.2, 0) is 31.4 Å². The van der Waals surface area contributed by atoms with Gasteiger partial charge in [0.05, 0.1) is 19.2 Å². The molecular formula is C28H31FN6O4. The smallest absolute Gasteiger partial charge is 0.304 e. The number of halogens is 1. The van der Waals surface area contributed by atoms with Crippen LogP contribution in [0.5, 0.6) is 5.75 Å². The van der Waals surface area contributed by atoms with Gasteiger partial charge in [0.25, 0.3) is 5.91 Å². The fourth-order valence-electron chi connectivity index (χ4n) is 5.57. The quantitative estimate of drug-likeness (QED) is 0.384. The van der Waals surface area contributed by atoms with Crippen molar-refractivity contribution in [2.75, 3.05) is 13.7 Å². The van der Waals surface area contributed by atoms with Crippen LogP contribution in [0.3, 0.4) is 0 Å². The maximum absolute atomic E-state index is 14.9. The number of aliphatic carboxylic acids is 1. The number of aryl methyl sites for hydroxylation is 4. The number of fused-ring (bicyclic) bond motifs is 2. The third-order valence-corrected chi connectivity index (χ3v) is 7.62. The molecule has 0 spiro atoms. The van der Waals surface area contributed by atoms with Crippen LogP contribution in [0, 0.1) is 19.8 Å². The molecule has 0 fully saturated rings. The molecule has 0 bridgehead atoms. The SMILES string of the molecule is CCn1nc(C)c(C(=O)N2CCc3ccc(C(CC(=O)O)c4cc(OC)c5c(nnn5C)c4C)cc3C2)c1F. The number of amides is 1. The lowest BCUT2D eigenvalue weighted by Crippen LogP contribution is -2.36. The molecule has 0 aliphatic carbocycles. The van der Waals surface area contributed by atoms with Crippen molar-refractivity contribution in [3.05, 3.63) is 69.3 Å². The highest BCUT2D eigenvalue weighted by Crippen LogP contribution is 2.38. The summed E-state index contributed by atoms with van der Waals surface area (Å²) in [5, 5.41) is 22.4. The lowest BCUT2D eigenvalue weighted by molar-refractivity contribution is -0.137. The van der Waals surface area contributed by atoms with E-state index in [1.54, 1.807) is 37.6 Å². The van der Waals surface area contributed by atoms with E-state index in [1.165, 1.54) is 4.68 Å². The van der Waals surface area contributed by atoms with Gasteiger partial charge >= 0.3 is 5.97 Å². The number of rotatable bonds is 7. The van der Waals surface area contributed by atoms with Crippen LogP contribution in [-0.4, -0.2) is 60.3 Å². The van der Waals surface area contributed by atoms with Crippen LogP contribution >= 0.6 is 0 Å². The molecule has 39 heavy (non-hydrogen) atoms. The summed E-state index contributed by atoms with van der Waals surface area (Å²) >= 11 is 0. The summed E-state index contributed by atoms with van der Waals surface area (Å²) in [6, 6.07) is 7.77. The number of carboxylic acids is 1. The molecule has 0 radical (unpaired) electrons. The highest BCUT2D eigenvalue weighted by molar-refractivity contribution is 5.95. The Kier molecular flexibility index (Phi) is 6.83. The second-order valence-electron chi connectivity index (χ2n) is 9.93. The van der Waals surface area contributed by atoms with E-state index in [4.69, 9.17) is 4.74 Å². The summed E-state index contributed by atoms with van der Waals surface area (Å²) in [6.07, 6.45) is 0.476. The van der Waals surface area contributed by atoms with Gasteiger partial charge in [-0.1, -0.05) is 23.4 Å². The number of hydrogen-bond acceptors (Lipinski definition) is 6. The first-order valence-corrected chi connectivity index (χ1v) is 12.9. The maximum Gasteiger partial charge on any atom is 0.304 e. The van der Waals surface area contributed by atoms with E-state index in [1.807, 2.05) is 31.2 Å². The molecular weight excluding hydrogens is 503 g/mol. The maximum atomic E-state index is 14.9. The van der Waals surface area contributed by atoms with Crippen LogP contribution in [0.2, 0.25) is 0 Å². The van der Waals surface area contributed by atoms with Crippen LogP contribution in [0.15, 0.2) is 24.3 Å². The van der Waals surface area contributed by atoms with Gasteiger partial charge in [0.15, 0.2) is 0 Å². The number of aromatic nitrogens is 5. The van der Waals surface area contributed by atoms with Crippen molar-refractivity contribution in [3.63, 3.8) is 0 Å². The Morgan fingerprint density at radius 1 is 1.21 bits per heavy atom. The molecule has 1 amide bonds. The molecule has 10 nitrogen and oxygen atoms in total. The third-order valence-electron chi connectivity index (χ3n) is 7.62. The monoisotopic (exact) mass is 534 g/mol. The highest BCUT2D eigenvalue weighted by Gasteiger charge is 2.30. The van der Waals surface area contributed by atoms with Crippen molar-refractivity contribution in [2.24, 2.45) is 7.05 Å². The van der Waals surface area contributed by atoms with Gasteiger partial charge in [-0.05, 0) is 61.1 Å². The zero-order chi connectivity index (χ0) is 28.0. The average Bonchev–Trinajstić information content (AvgIpc) is 3.45. The predicted octanol–water partition coefficient (Wildman–Crippen LogP) is 3.75. The van der Waals surface area contributed by atoms with Gasteiger partial charge in [-0.3, -0.25) is 9.59 Å². The molecule has 1 unspecified atom stereocenters. The summed E-state index contributed by atoms with van der Waals surface area (Å²) in [7, 11) is 3.34. The first kappa shape index (κ1) is 26.3. The van der Waals surface area contributed by atoms with E-state index in [-0.39, 0.29) is 12.0 Å². The number of carbonyl (C=O) groups excluding carboxylic acids is 1. The summed E-state index contributed by atoms with van der Waals surface area (Å²) in [4.78, 5) is 27.0. The van der Waals surface area contributed by atoms with Gasteiger partial charge in [-0.25, -0.2) is 9.36 Å². The molecule has 1 aliphatic heterocycles. The number of hydrogen-bond donors (Lipinski definition) is 1. The fourth-order valence-corrected chi connectivity index (χ4v) is 5.57. The van der Waals surface area contributed by atoms with Gasteiger partial charge in [0, 0.05) is 32.6 Å². The summed E-state index contributed by atoms with van der Waals surface area (Å²) in [5.74, 6) is -1.87. The largest absolute Gasteiger partial charge is 0.494 e. The highest BCUT2D eigenvalue weighted by atomic mass is 19.1. The lowest BCUT2D eigenvalue weighted by atomic mass is 9.83. The summed E-state index contributed by atoms with van der Waals surface area (Å²) < 4.78 is 23.3. The molecule has 2 aromatic carbocycles. The van der Waals surface area contributed by atoms with E-state index >= 15 is 0 Å². The van der Waals surface area contributed by atoms with Crippen LogP contribution < -0.4 is 4.74 Å². The first-order chi connectivity index (χ1) is 18.6. The van der Waals surface area contributed by atoms with E-state index < -0.39 is 23.7 Å². The van der Waals surface area contributed by atoms with Gasteiger partial charge < -0.3 is 14.7 Å². The number of carbonyl (C=O) groups is 2. The molecule has 3 heterocycles. The van der Waals surface area contributed by atoms with Gasteiger partial charge in [-0.15, -0.1) is 5.10 Å². The van der Waals surface area contributed by atoms with Gasteiger partial charge in [0.2, 0.25) is 5.95 Å². The minimum absolute atomic E-state index is 0.000186. The second kappa shape index (κ2) is 10.1. The normalized spacial score (nSPS) is 13.9. The van der Waals surface area contributed by atoms with E-state index in [2.05, 4.69) is 15.4 Å². The number of carboxylic acid groups (broad SMARTS) is 1. The van der Waals surface area contributed by atoms with Crippen LogP contribution in [0.1, 0.15) is 63.1 Å². The Balaban J connectivity index is 1.53.